The Morgan fingerprint density at radius 1 is 1.15 bits per heavy atom. The summed E-state index contributed by atoms with van der Waals surface area (Å²) in [5, 5.41) is 0.639. The van der Waals surface area contributed by atoms with Crippen LogP contribution in [0.1, 0.15) is 18.4 Å². The number of halogens is 3. The highest BCUT2D eigenvalue weighted by atomic mass is 19.4. The largest absolute Gasteiger partial charge is 0.416 e. The van der Waals surface area contributed by atoms with Crippen LogP contribution in [0.2, 0.25) is 0 Å². The van der Waals surface area contributed by atoms with E-state index < -0.39 is 17.8 Å². The van der Waals surface area contributed by atoms with Gasteiger partial charge in [-0.25, -0.2) is 0 Å². The second-order valence-corrected chi connectivity index (χ2v) is 6.90. The second kappa shape index (κ2) is 6.99. The molecule has 1 atom stereocenters. The van der Waals surface area contributed by atoms with Gasteiger partial charge in [0.15, 0.2) is 6.10 Å². The number of amides is 1. The first-order valence-electron chi connectivity index (χ1n) is 9.05. The van der Waals surface area contributed by atoms with Crippen LogP contribution in [-0.4, -0.2) is 54.7 Å². The number of benzene rings is 1. The van der Waals surface area contributed by atoms with Gasteiger partial charge in [-0.3, -0.25) is 9.78 Å². The molecule has 2 saturated heterocycles. The van der Waals surface area contributed by atoms with Crippen LogP contribution in [0.25, 0.3) is 10.9 Å². The molecule has 0 spiro atoms. The van der Waals surface area contributed by atoms with Crippen LogP contribution in [0.3, 0.4) is 0 Å². The summed E-state index contributed by atoms with van der Waals surface area (Å²) in [5.41, 5.74) is 0.344. The van der Waals surface area contributed by atoms with Gasteiger partial charge in [-0.05, 0) is 31.0 Å². The van der Waals surface area contributed by atoms with E-state index in [-0.39, 0.29) is 11.4 Å². The van der Waals surface area contributed by atoms with Crippen molar-refractivity contribution in [3.8, 4) is 0 Å². The minimum absolute atomic E-state index is 0.00470. The quantitative estimate of drug-likeness (QED) is 0.805. The van der Waals surface area contributed by atoms with Gasteiger partial charge in [0.25, 0.3) is 5.91 Å². The normalized spacial score (nSPS) is 21.1. The third kappa shape index (κ3) is 3.58. The first-order chi connectivity index (χ1) is 12.9. The van der Waals surface area contributed by atoms with E-state index in [0.717, 1.165) is 43.8 Å². The van der Waals surface area contributed by atoms with Crippen LogP contribution in [0.15, 0.2) is 30.5 Å². The molecule has 0 saturated carbocycles. The number of nitrogens with zero attached hydrogens (tertiary/aromatic N) is 3. The van der Waals surface area contributed by atoms with Gasteiger partial charge in [0.2, 0.25) is 0 Å². The summed E-state index contributed by atoms with van der Waals surface area (Å²) in [6, 6.07) is 5.36. The molecule has 1 aromatic heterocycles. The van der Waals surface area contributed by atoms with Crippen molar-refractivity contribution in [2.45, 2.75) is 25.1 Å². The summed E-state index contributed by atoms with van der Waals surface area (Å²) >= 11 is 0. The first-order valence-corrected chi connectivity index (χ1v) is 9.05. The summed E-state index contributed by atoms with van der Waals surface area (Å²) in [7, 11) is 0. The van der Waals surface area contributed by atoms with Gasteiger partial charge in [-0.15, -0.1) is 0 Å². The number of fused-ring (bicyclic) bond motifs is 1. The van der Waals surface area contributed by atoms with Crippen molar-refractivity contribution in [2.75, 3.05) is 37.7 Å². The maximum atomic E-state index is 13.0. The van der Waals surface area contributed by atoms with E-state index in [1.165, 1.54) is 12.3 Å². The number of anilines is 1. The van der Waals surface area contributed by atoms with Gasteiger partial charge < -0.3 is 14.5 Å². The molecule has 144 valence electrons. The Balaban J connectivity index is 1.60. The lowest BCUT2D eigenvalue weighted by Crippen LogP contribution is -2.50. The highest BCUT2D eigenvalue weighted by Gasteiger charge is 2.33. The van der Waals surface area contributed by atoms with Crippen molar-refractivity contribution in [1.82, 2.24) is 9.88 Å². The standard InChI is InChI=1S/C19H20F3N3O2/c20-19(21,22)13-3-4-14-15(11-13)23-6-5-16(14)25-9-10-27-17(12-25)18(26)24-7-1-2-8-24/h3-6,11,17H,1-2,7-10,12H2. The number of pyridine rings is 1. The molecule has 0 aliphatic carbocycles. The van der Waals surface area contributed by atoms with Crippen molar-refractivity contribution in [1.29, 1.82) is 0 Å². The van der Waals surface area contributed by atoms with Crippen LogP contribution >= 0.6 is 0 Å². The summed E-state index contributed by atoms with van der Waals surface area (Å²) in [6.45, 7) is 2.88. The maximum absolute atomic E-state index is 13.0. The Hall–Kier alpha value is -2.35. The average molecular weight is 379 g/mol. The molecule has 4 rings (SSSR count). The molecule has 2 aliphatic heterocycles. The third-order valence-electron chi connectivity index (χ3n) is 5.15. The van der Waals surface area contributed by atoms with Crippen molar-refractivity contribution in [2.24, 2.45) is 0 Å². The Morgan fingerprint density at radius 2 is 1.93 bits per heavy atom. The highest BCUT2D eigenvalue weighted by Crippen LogP contribution is 2.34. The van der Waals surface area contributed by atoms with Crippen molar-refractivity contribution < 1.29 is 22.7 Å². The molecule has 1 aromatic carbocycles. The number of carbonyl (C=O) groups is 1. The first kappa shape index (κ1) is 18.0. The van der Waals surface area contributed by atoms with E-state index >= 15 is 0 Å². The number of ether oxygens (including phenoxy) is 1. The molecule has 2 aliphatic rings. The van der Waals surface area contributed by atoms with E-state index in [1.807, 2.05) is 9.80 Å². The lowest BCUT2D eigenvalue weighted by atomic mass is 10.1. The van der Waals surface area contributed by atoms with Crippen LogP contribution in [0.4, 0.5) is 18.9 Å². The number of morpholine rings is 1. The molecule has 2 aromatic rings. The summed E-state index contributed by atoms with van der Waals surface area (Å²) in [4.78, 5) is 20.6. The molecule has 5 nitrogen and oxygen atoms in total. The fourth-order valence-electron chi connectivity index (χ4n) is 3.74. The summed E-state index contributed by atoms with van der Waals surface area (Å²) in [5.74, 6) is -0.00470. The molecule has 0 N–H and O–H groups in total. The summed E-state index contributed by atoms with van der Waals surface area (Å²) in [6.07, 6.45) is -1.42. The lowest BCUT2D eigenvalue weighted by Gasteiger charge is -2.35. The third-order valence-corrected chi connectivity index (χ3v) is 5.15. The van der Waals surface area contributed by atoms with Crippen molar-refractivity contribution >= 4 is 22.5 Å². The maximum Gasteiger partial charge on any atom is 0.416 e. The fourth-order valence-corrected chi connectivity index (χ4v) is 3.74. The number of hydrogen-bond acceptors (Lipinski definition) is 4. The predicted molar refractivity (Wildman–Crippen MR) is 94.5 cm³/mol. The van der Waals surface area contributed by atoms with Gasteiger partial charge in [-0.2, -0.15) is 13.2 Å². The predicted octanol–water partition coefficient (Wildman–Crippen LogP) is 3.08. The van der Waals surface area contributed by atoms with Crippen molar-refractivity contribution in [3.05, 3.63) is 36.0 Å². The van der Waals surface area contributed by atoms with Gasteiger partial charge in [-0.1, -0.05) is 6.07 Å². The minimum atomic E-state index is -4.40. The molecule has 8 heteroatoms. The van der Waals surface area contributed by atoms with Crippen molar-refractivity contribution in [3.63, 3.8) is 0 Å². The summed E-state index contributed by atoms with van der Waals surface area (Å²) < 4.78 is 44.6. The molecule has 0 bridgehead atoms. The second-order valence-electron chi connectivity index (χ2n) is 6.90. The Labute approximate surface area is 154 Å². The van der Waals surface area contributed by atoms with E-state index in [4.69, 9.17) is 4.74 Å². The highest BCUT2D eigenvalue weighted by molar-refractivity contribution is 5.92. The Kier molecular flexibility index (Phi) is 4.67. The van der Waals surface area contributed by atoms with Crippen LogP contribution in [0, 0.1) is 0 Å². The van der Waals surface area contributed by atoms with Gasteiger partial charge in [0.1, 0.15) is 0 Å². The molecule has 2 fully saturated rings. The van der Waals surface area contributed by atoms with Crippen LogP contribution in [0.5, 0.6) is 0 Å². The van der Waals surface area contributed by atoms with Gasteiger partial charge in [0, 0.05) is 36.9 Å². The molecule has 27 heavy (non-hydrogen) atoms. The van der Waals surface area contributed by atoms with Gasteiger partial charge >= 0.3 is 6.18 Å². The molecule has 0 radical (unpaired) electrons. The number of carbonyl (C=O) groups excluding carboxylic acids is 1. The SMILES string of the molecule is O=C(C1CN(c2ccnc3cc(C(F)(F)F)ccc23)CCO1)N1CCCC1. The lowest BCUT2D eigenvalue weighted by molar-refractivity contribution is -0.143. The van der Waals surface area contributed by atoms with E-state index in [2.05, 4.69) is 4.98 Å². The monoisotopic (exact) mass is 379 g/mol. The number of likely N-dealkylation sites (tertiary alicyclic amines) is 1. The Morgan fingerprint density at radius 3 is 2.67 bits per heavy atom. The zero-order chi connectivity index (χ0) is 19.0. The van der Waals surface area contributed by atoms with Crippen LogP contribution < -0.4 is 4.90 Å². The van der Waals surface area contributed by atoms with E-state index in [0.29, 0.717) is 25.1 Å². The fraction of sp³-hybridized carbons (Fsp3) is 0.474. The molecule has 3 heterocycles. The van der Waals surface area contributed by atoms with E-state index in [1.54, 1.807) is 6.07 Å². The zero-order valence-corrected chi connectivity index (χ0v) is 14.7. The van der Waals surface area contributed by atoms with Crippen LogP contribution in [-0.2, 0) is 15.7 Å². The molecular weight excluding hydrogens is 359 g/mol. The Bertz CT molecular complexity index is 850. The smallest absolute Gasteiger partial charge is 0.365 e. The number of aromatic nitrogens is 1. The molecule has 1 unspecified atom stereocenters. The minimum Gasteiger partial charge on any atom is -0.365 e. The molecule has 1 amide bonds. The zero-order valence-electron chi connectivity index (χ0n) is 14.7. The average Bonchev–Trinajstić information content (AvgIpc) is 3.20. The number of rotatable bonds is 2. The topological polar surface area (TPSA) is 45.7 Å². The number of hydrogen-bond donors (Lipinski definition) is 0. The van der Waals surface area contributed by atoms with E-state index in [9.17, 15) is 18.0 Å². The molecular formula is C19H20F3N3O2. The number of alkyl halides is 3. The van der Waals surface area contributed by atoms with Gasteiger partial charge in [0.05, 0.1) is 24.2 Å².